The lowest BCUT2D eigenvalue weighted by molar-refractivity contribution is 0.185. The number of nitrogens with zero attached hydrogens (tertiary/aromatic N) is 3. The van der Waals surface area contributed by atoms with Gasteiger partial charge in [0, 0.05) is 31.2 Å². The molecule has 0 saturated carbocycles. The molecule has 5 heteroatoms. The summed E-state index contributed by atoms with van der Waals surface area (Å²) in [7, 11) is 1.70. The Bertz CT molecular complexity index is 754. The van der Waals surface area contributed by atoms with Gasteiger partial charge in [-0.3, -0.25) is 4.57 Å². The van der Waals surface area contributed by atoms with Crippen LogP contribution >= 0.6 is 11.6 Å². The van der Waals surface area contributed by atoms with E-state index in [1.165, 1.54) is 0 Å². The van der Waals surface area contributed by atoms with E-state index in [0.29, 0.717) is 18.9 Å². The van der Waals surface area contributed by atoms with E-state index in [0.717, 1.165) is 28.2 Å². The monoisotopic (exact) mass is 301 g/mol. The lowest BCUT2D eigenvalue weighted by Gasteiger charge is -2.12. The fourth-order valence-electron chi connectivity index (χ4n) is 2.47. The summed E-state index contributed by atoms with van der Waals surface area (Å²) in [5.41, 5.74) is 3.87. The van der Waals surface area contributed by atoms with Gasteiger partial charge >= 0.3 is 0 Å². The molecule has 0 saturated heterocycles. The Morgan fingerprint density at radius 1 is 1.19 bits per heavy atom. The third kappa shape index (κ3) is 2.64. The van der Waals surface area contributed by atoms with Crippen LogP contribution < -0.4 is 0 Å². The van der Waals surface area contributed by atoms with Crippen molar-refractivity contribution in [3.05, 3.63) is 54.0 Å². The number of rotatable bonds is 5. The van der Waals surface area contributed by atoms with Crippen molar-refractivity contribution in [2.24, 2.45) is 0 Å². The van der Waals surface area contributed by atoms with Gasteiger partial charge in [0.1, 0.15) is 11.3 Å². The number of alkyl halides is 1. The van der Waals surface area contributed by atoms with E-state index < -0.39 is 0 Å². The first-order chi connectivity index (χ1) is 10.3. The van der Waals surface area contributed by atoms with Crippen molar-refractivity contribution in [2.75, 3.05) is 13.0 Å². The van der Waals surface area contributed by atoms with Crippen LogP contribution in [-0.2, 0) is 17.8 Å². The summed E-state index contributed by atoms with van der Waals surface area (Å²) in [6.07, 6.45) is 2.48. The Morgan fingerprint density at radius 3 is 2.86 bits per heavy atom. The number of hydrogen-bond donors (Lipinski definition) is 0. The first-order valence-corrected chi connectivity index (χ1v) is 7.34. The second-order valence-electron chi connectivity index (χ2n) is 4.71. The SMILES string of the molecule is COCc1ccccc1-n1c(CCCl)nc2cccnc21. The number of halogens is 1. The van der Waals surface area contributed by atoms with Crippen LogP contribution in [0.4, 0.5) is 0 Å². The first kappa shape index (κ1) is 14.0. The third-order valence-electron chi connectivity index (χ3n) is 3.34. The molecule has 2 aromatic heterocycles. The molecule has 3 rings (SSSR count). The average Bonchev–Trinajstić information content (AvgIpc) is 2.86. The molecule has 0 bridgehead atoms. The fourth-order valence-corrected chi connectivity index (χ4v) is 2.64. The van der Waals surface area contributed by atoms with Crippen LogP contribution in [0.1, 0.15) is 11.4 Å². The van der Waals surface area contributed by atoms with Gasteiger partial charge < -0.3 is 4.74 Å². The van der Waals surface area contributed by atoms with Crippen LogP contribution in [0.25, 0.3) is 16.9 Å². The second-order valence-corrected chi connectivity index (χ2v) is 5.09. The van der Waals surface area contributed by atoms with Gasteiger partial charge in [0.05, 0.1) is 12.3 Å². The minimum Gasteiger partial charge on any atom is -0.380 e. The van der Waals surface area contributed by atoms with Crippen LogP contribution in [0.3, 0.4) is 0 Å². The van der Waals surface area contributed by atoms with E-state index in [1.54, 1.807) is 13.3 Å². The van der Waals surface area contributed by atoms with Gasteiger partial charge in [-0.2, -0.15) is 0 Å². The quantitative estimate of drug-likeness (QED) is 0.679. The van der Waals surface area contributed by atoms with E-state index in [4.69, 9.17) is 16.3 Å². The standard InChI is InChI=1S/C16H16ClN3O/c1-21-11-12-5-2-3-7-14(12)20-15(8-9-17)19-13-6-4-10-18-16(13)20/h2-7,10H,8-9,11H2,1H3. The molecule has 4 nitrogen and oxygen atoms in total. The molecule has 1 aromatic carbocycles. The maximum atomic E-state index is 5.93. The Balaban J connectivity index is 2.25. The van der Waals surface area contributed by atoms with E-state index in [9.17, 15) is 0 Å². The molecule has 0 N–H and O–H groups in total. The zero-order valence-electron chi connectivity index (χ0n) is 11.8. The van der Waals surface area contributed by atoms with Crippen molar-refractivity contribution in [1.82, 2.24) is 14.5 Å². The number of aryl methyl sites for hydroxylation is 1. The lowest BCUT2D eigenvalue weighted by Crippen LogP contribution is -2.06. The van der Waals surface area contributed by atoms with Gasteiger partial charge in [0.2, 0.25) is 0 Å². The minimum atomic E-state index is 0.524. The highest BCUT2D eigenvalue weighted by Gasteiger charge is 2.15. The van der Waals surface area contributed by atoms with Crippen LogP contribution in [0, 0.1) is 0 Å². The largest absolute Gasteiger partial charge is 0.380 e. The Labute approximate surface area is 128 Å². The smallest absolute Gasteiger partial charge is 0.164 e. The third-order valence-corrected chi connectivity index (χ3v) is 3.52. The highest BCUT2D eigenvalue weighted by molar-refractivity contribution is 6.17. The number of methoxy groups -OCH3 is 1. The molecule has 0 spiro atoms. The fraction of sp³-hybridized carbons (Fsp3) is 0.250. The average molecular weight is 302 g/mol. The molecule has 0 fully saturated rings. The first-order valence-electron chi connectivity index (χ1n) is 6.80. The van der Waals surface area contributed by atoms with Crippen molar-refractivity contribution in [1.29, 1.82) is 0 Å². The summed E-state index contributed by atoms with van der Waals surface area (Å²) < 4.78 is 7.37. The zero-order chi connectivity index (χ0) is 14.7. The molecule has 0 radical (unpaired) electrons. The molecule has 108 valence electrons. The topological polar surface area (TPSA) is 39.9 Å². The number of hydrogen-bond acceptors (Lipinski definition) is 3. The highest BCUT2D eigenvalue weighted by Crippen LogP contribution is 2.23. The van der Waals surface area contributed by atoms with Gasteiger partial charge in [0.15, 0.2) is 5.65 Å². The number of benzene rings is 1. The Kier molecular flexibility index (Phi) is 4.18. The van der Waals surface area contributed by atoms with Gasteiger partial charge in [-0.05, 0) is 18.2 Å². The van der Waals surface area contributed by atoms with Crippen LogP contribution in [0.2, 0.25) is 0 Å². The number of pyridine rings is 1. The van der Waals surface area contributed by atoms with Gasteiger partial charge in [-0.25, -0.2) is 9.97 Å². The summed E-state index contributed by atoms with van der Waals surface area (Å²) in [6, 6.07) is 12.0. The molecule has 0 aliphatic heterocycles. The van der Waals surface area contributed by atoms with Crippen molar-refractivity contribution < 1.29 is 4.74 Å². The van der Waals surface area contributed by atoms with Gasteiger partial charge in [0.25, 0.3) is 0 Å². The molecule has 0 amide bonds. The normalized spacial score (nSPS) is 11.1. The maximum absolute atomic E-state index is 5.93. The zero-order valence-corrected chi connectivity index (χ0v) is 12.5. The second kappa shape index (κ2) is 6.24. The predicted molar refractivity (Wildman–Crippen MR) is 84.0 cm³/mol. The number of fused-ring (bicyclic) bond motifs is 1. The summed E-state index contributed by atoms with van der Waals surface area (Å²) >= 11 is 5.93. The summed E-state index contributed by atoms with van der Waals surface area (Å²) in [5, 5.41) is 0. The van der Waals surface area contributed by atoms with Crippen LogP contribution in [-0.4, -0.2) is 27.5 Å². The summed E-state index contributed by atoms with van der Waals surface area (Å²) in [6.45, 7) is 0.545. The number of aromatic nitrogens is 3. The molecular formula is C16H16ClN3O. The van der Waals surface area contributed by atoms with Crippen LogP contribution in [0.15, 0.2) is 42.6 Å². The molecule has 0 aliphatic carbocycles. The molecular weight excluding hydrogens is 286 g/mol. The molecule has 2 heterocycles. The van der Waals surface area contributed by atoms with E-state index in [-0.39, 0.29) is 0 Å². The highest BCUT2D eigenvalue weighted by atomic mass is 35.5. The summed E-state index contributed by atoms with van der Waals surface area (Å²) in [5.74, 6) is 1.44. The number of imidazole rings is 1. The molecule has 0 aliphatic rings. The van der Waals surface area contributed by atoms with E-state index in [1.807, 2.05) is 24.3 Å². The summed E-state index contributed by atoms with van der Waals surface area (Å²) in [4.78, 5) is 9.13. The number of ether oxygens (including phenoxy) is 1. The Morgan fingerprint density at radius 2 is 2.05 bits per heavy atom. The predicted octanol–water partition coefficient (Wildman–Crippen LogP) is 3.35. The lowest BCUT2D eigenvalue weighted by atomic mass is 10.2. The van der Waals surface area contributed by atoms with Crippen molar-refractivity contribution >= 4 is 22.8 Å². The molecule has 0 atom stereocenters. The van der Waals surface area contributed by atoms with Crippen LogP contribution in [0.5, 0.6) is 0 Å². The van der Waals surface area contributed by atoms with Crippen molar-refractivity contribution in [3.8, 4) is 5.69 Å². The van der Waals surface area contributed by atoms with E-state index >= 15 is 0 Å². The molecule has 21 heavy (non-hydrogen) atoms. The van der Waals surface area contributed by atoms with Crippen molar-refractivity contribution in [3.63, 3.8) is 0 Å². The molecule has 3 aromatic rings. The van der Waals surface area contributed by atoms with Gasteiger partial charge in [-0.15, -0.1) is 11.6 Å². The minimum absolute atomic E-state index is 0.524. The van der Waals surface area contributed by atoms with Crippen molar-refractivity contribution in [2.45, 2.75) is 13.0 Å². The Hall–Kier alpha value is -1.91. The van der Waals surface area contributed by atoms with E-state index in [2.05, 4.69) is 26.7 Å². The maximum Gasteiger partial charge on any atom is 0.164 e. The number of para-hydroxylation sites is 1. The van der Waals surface area contributed by atoms with Gasteiger partial charge in [-0.1, -0.05) is 18.2 Å². The molecule has 0 unspecified atom stereocenters.